The van der Waals surface area contributed by atoms with Gasteiger partial charge in [0.2, 0.25) is 5.95 Å². The molecule has 0 bridgehead atoms. The lowest BCUT2D eigenvalue weighted by molar-refractivity contribution is 0.0690. The van der Waals surface area contributed by atoms with Crippen LogP contribution < -0.4 is 10.6 Å². The lowest BCUT2D eigenvalue weighted by atomic mass is 10.2. The molecule has 2 aromatic carbocycles. The normalized spacial score (nSPS) is 10.2. The van der Waals surface area contributed by atoms with Crippen molar-refractivity contribution in [1.29, 1.82) is 0 Å². The van der Waals surface area contributed by atoms with Crippen LogP contribution in [0.25, 0.3) is 0 Å². The summed E-state index contributed by atoms with van der Waals surface area (Å²) in [6.07, 6.45) is 0. The predicted octanol–water partition coefficient (Wildman–Crippen LogP) is 3.40. The summed E-state index contributed by atoms with van der Waals surface area (Å²) in [5, 5.41) is 15.5. The number of aromatic nitrogens is 2. The smallest absolute Gasteiger partial charge is 0.354 e. The Hall–Kier alpha value is -3.41. The summed E-state index contributed by atoms with van der Waals surface area (Å²) < 4.78 is 0. The third kappa shape index (κ3) is 4.78. The summed E-state index contributed by atoms with van der Waals surface area (Å²) in [4.78, 5) is 19.7. The molecule has 0 aliphatic rings. The Bertz CT molecular complexity index is 777. The minimum absolute atomic E-state index is 0.0545. The second-order valence-corrected chi connectivity index (χ2v) is 5.45. The summed E-state index contributed by atoms with van der Waals surface area (Å²) in [6, 6.07) is 21.0. The first-order valence-corrected chi connectivity index (χ1v) is 7.89. The van der Waals surface area contributed by atoms with Crippen LogP contribution in [0.5, 0.6) is 0 Å². The molecule has 0 saturated heterocycles. The van der Waals surface area contributed by atoms with E-state index in [2.05, 4.69) is 20.6 Å². The monoisotopic (exact) mass is 334 g/mol. The van der Waals surface area contributed by atoms with E-state index in [4.69, 9.17) is 0 Å². The lowest BCUT2D eigenvalue weighted by Crippen LogP contribution is -2.11. The Kier molecular flexibility index (Phi) is 5.21. The molecule has 25 heavy (non-hydrogen) atoms. The van der Waals surface area contributed by atoms with Gasteiger partial charge < -0.3 is 15.7 Å². The van der Waals surface area contributed by atoms with Crippen molar-refractivity contribution in [3.63, 3.8) is 0 Å². The molecule has 0 aliphatic carbocycles. The van der Waals surface area contributed by atoms with E-state index in [1.807, 2.05) is 60.7 Å². The molecule has 3 aromatic rings. The summed E-state index contributed by atoms with van der Waals surface area (Å²) in [5.41, 5.74) is 2.09. The molecule has 0 unspecified atom stereocenters. The van der Waals surface area contributed by atoms with Crippen LogP contribution in [0.1, 0.15) is 21.6 Å². The number of hydrogen-bond acceptors (Lipinski definition) is 5. The van der Waals surface area contributed by atoms with Gasteiger partial charge in [-0.3, -0.25) is 0 Å². The number of nitrogens with one attached hydrogen (secondary N) is 2. The highest BCUT2D eigenvalue weighted by atomic mass is 16.4. The van der Waals surface area contributed by atoms with Crippen LogP contribution in [0.15, 0.2) is 66.7 Å². The Morgan fingerprint density at radius 2 is 1.40 bits per heavy atom. The van der Waals surface area contributed by atoms with Gasteiger partial charge in [0.1, 0.15) is 5.82 Å². The van der Waals surface area contributed by atoms with Crippen LogP contribution in [-0.2, 0) is 13.1 Å². The van der Waals surface area contributed by atoms with Gasteiger partial charge >= 0.3 is 5.97 Å². The average Bonchev–Trinajstić information content (AvgIpc) is 2.66. The number of aromatic carboxylic acids is 1. The lowest BCUT2D eigenvalue weighted by Gasteiger charge is -2.10. The van der Waals surface area contributed by atoms with Crippen molar-refractivity contribution in [2.75, 3.05) is 10.6 Å². The quantitative estimate of drug-likeness (QED) is 0.614. The van der Waals surface area contributed by atoms with Crippen LogP contribution in [0.4, 0.5) is 11.8 Å². The van der Waals surface area contributed by atoms with Gasteiger partial charge in [-0.25, -0.2) is 9.78 Å². The van der Waals surface area contributed by atoms with Crippen LogP contribution in [0, 0.1) is 0 Å². The van der Waals surface area contributed by atoms with E-state index in [1.165, 1.54) is 6.07 Å². The molecule has 0 fully saturated rings. The molecule has 126 valence electrons. The number of carboxylic acids is 1. The van der Waals surface area contributed by atoms with Crippen molar-refractivity contribution in [3.8, 4) is 0 Å². The first kappa shape index (κ1) is 16.4. The summed E-state index contributed by atoms with van der Waals surface area (Å²) in [6.45, 7) is 1.07. The first-order chi connectivity index (χ1) is 12.2. The Balaban J connectivity index is 1.73. The molecule has 3 rings (SSSR count). The molecule has 0 aliphatic heterocycles. The molecule has 3 N–H and O–H groups in total. The van der Waals surface area contributed by atoms with E-state index in [-0.39, 0.29) is 11.6 Å². The van der Waals surface area contributed by atoms with Gasteiger partial charge in [0.15, 0.2) is 5.69 Å². The number of hydrogen-bond donors (Lipinski definition) is 3. The van der Waals surface area contributed by atoms with Gasteiger partial charge in [-0.05, 0) is 11.1 Å². The zero-order valence-electron chi connectivity index (χ0n) is 13.5. The van der Waals surface area contributed by atoms with E-state index in [1.54, 1.807) is 0 Å². The number of carboxylic acid groups (broad SMARTS) is 1. The standard InChI is InChI=1S/C19H18N4O2/c24-18(25)16-11-17(20-12-14-7-3-1-4-8-14)23-19(22-16)21-13-15-9-5-2-6-10-15/h1-11H,12-13H2,(H,24,25)(H2,20,21,22,23). The molecular formula is C19H18N4O2. The average molecular weight is 334 g/mol. The van der Waals surface area contributed by atoms with E-state index in [0.717, 1.165) is 11.1 Å². The van der Waals surface area contributed by atoms with Crippen LogP contribution in [0.3, 0.4) is 0 Å². The van der Waals surface area contributed by atoms with Crippen LogP contribution >= 0.6 is 0 Å². The fourth-order valence-corrected chi connectivity index (χ4v) is 2.29. The first-order valence-electron chi connectivity index (χ1n) is 7.89. The number of carbonyl (C=O) groups is 1. The fourth-order valence-electron chi connectivity index (χ4n) is 2.29. The van der Waals surface area contributed by atoms with Crippen molar-refractivity contribution < 1.29 is 9.90 Å². The third-order valence-electron chi connectivity index (χ3n) is 3.56. The van der Waals surface area contributed by atoms with Crippen LogP contribution in [0.2, 0.25) is 0 Å². The maximum Gasteiger partial charge on any atom is 0.354 e. The number of benzene rings is 2. The summed E-state index contributed by atoms with van der Waals surface area (Å²) >= 11 is 0. The van der Waals surface area contributed by atoms with Crippen LogP contribution in [-0.4, -0.2) is 21.0 Å². The molecule has 1 aromatic heterocycles. The molecule has 0 spiro atoms. The minimum Gasteiger partial charge on any atom is -0.477 e. The van der Waals surface area contributed by atoms with Crippen molar-refractivity contribution in [1.82, 2.24) is 9.97 Å². The molecule has 1 heterocycles. The van der Waals surface area contributed by atoms with Gasteiger partial charge in [-0.2, -0.15) is 4.98 Å². The highest BCUT2D eigenvalue weighted by Crippen LogP contribution is 2.13. The highest BCUT2D eigenvalue weighted by molar-refractivity contribution is 5.86. The van der Waals surface area contributed by atoms with E-state index >= 15 is 0 Å². The van der Waals surface area contributed by atoms with Crippen molar-refractivity contribution in [2.24, 2.45) is 0 Å². The molecule has 0 radical (unpaired) electrons. The van der Waals surface area contributed by atoms with Crippen molar-refractivity contribution in [3.05, 3.63) is 83.6 Å². The van der Waals surface area contributed by atoms with E-state index in [0.29, 0.717) is 18.9 Å². The second kappa shape index (κ2) is 7.92. The number of nitrogens with zero attached hydrogens (tertiary/aromatic N) is 2. The van der Waals surface area contributed by atoms with Gasteiger partial charge in [0.25, 0.3) is 0 Å². The molecule has 6 heteroatoms. The Labute approximate surface area is 145 Å². The molecule has 6 nitrogen and oxygen atoms in total. The summed E-state index contributed by atoms with van der Waals surface area (Å²) in [7, 11) is 0. The van der Waals surface area contributed by atoms with Crippen molar-refractivity contribution >= 4 is 17.7 Å². The maximum atomic E-state index is 11.3. The fraction of sp³-hybridized carbons (Fsp3) is 0.105. The molecule has 0 atom stereocenters. The highest BCUT2D eigenvalue weighted by Gasteiger charge is 2.10. The SMILES string of the molecule is O=C(O)c1cc(NCc2ccccc2)nc(NCc2ccccc2)n1. The van der Waals surface area contributed by atoms with Gasteiger partial charge in [0.05, 0.1) is 0 Å². The maximum absolute atomic E-state index is 11.3. The zero-order valence-corrected chi connectivity index (χ0v) is 13.5. The van der Waals surface area contributed by atoms with Gasteiger partial charge in [-0.15, -0.1) is 0 Å². The summed E-state index contributed by atoms with van der Waals surface area (Å²) in [5.74, 6) is -0.348. The van der Waals surface area contributed by atoms with E-state index in [9.17, 15) is 9.90 Å². The Morgan fingerprint density at radius 1 is 0.840 bits per heavy atom. The van der Waals surface area contributed by atoms with Crippen molar-refractivity contribution in [2.45, 2.75) is 13.1 Å². The number of anilines is 2. The number of rotatable bonds is 7. The zero-order chi connectivity index (χ0) is 17.5. The molecule has 0 saturated carbocycles. The topological polar surface area (TPSA) is 87.1 Å². The van der Waals surface area contributed by atoms with Gasteiger partial charge in [0, 0.05) is 19.2 Å². The Morgan fingerprint density at radius 3 is 1.96 bits per heavy atom. The minimum atomic E-state index is -1.09. The largest absolute Gasteiger partial charge is 0.477 e. The third-order valence-corrected chi connectivity index (χ3v) is 3.56. The van der Waals surface area contributed by atoms with Gasteiger partial charge in [-0.1, -0.05) is 60.7 Å². The van der Waals surface area contributed by atoms with E-state index < -0.39 is 5.97 Å². The molecule has 0 amide bonds. The second-order valence-electron chi connectivity index (χ2n) is 5.45. The molecular weight excluding hydrogens is 316 g/mol. The predicted molar refractivity (Wildman–Crippen MR) is 96.5 cm³/mol.